The Labute approximate surface area is 192 Å². The second kappa shape index (κ2) is 9.44. The number of rotatable bonds is 4. The maximum atomic E-state index is 13.1. The van der Waals surface area contributed by atoms with Gasteiger partial charge in [0.1, 0.15) is 12.1 Å². The van der Waals surface area contributed by atoms with Crippen LogP contribution in [0.15, 0.2) is 65.6 Å². The normalized spacial score (nSPS) is 17.3. The van der Waals surface area contributed by atoms with Gasteiger partial charge in [0.25, 0.3) is 5.91 Å². The molecule has 2 aliphatic rings. The highest BCUT2D eigenvalue weighted by molar-refractivity contribution is 5.94. The van der Waals surface area contributed by atoms with Gasteiger partial charge in [-0.15, -0.1) is 0 Å². The summed E-state index contributed by atoms with van der Waals surface area (Å²) < 4.78 is 5.01. The number of amides is 2. The van der Waals surface area contributed by atoms with Gasteiger partial charge in [-0.25, -0.2) is 9.97 Å². The second-order valence-corrected chi connectivity index (χ2v) is 8.50. The van der Waals surface area contributed by atoms with E-state index in [1.54, 1.807) is 12.3 Å². The number of piperazine rings is 1. The number of anilines is 1. The third-order valence-corrected chi connectivity index (χ3v) is 6.49. The van der Waals surface area contributed by atoms with Crippen LogP contribution in [0.1, 0.15) is 23.2 Å². The van der Waals surface area contributed by atoms with Crippen molar-refractivity contribution in [2.45, 2.75) is 12.8 Å². The highest BCUT2D eigenvalue weighted by atomic mass is 16.3. The minimum Gasteiger partial charge on any atom is -0.472 e. The number of aromatic nitrogens is 2. The zero-order valence-electron chi connectivity index (χ0n) is 18.5. The minimum atomic E-state index is -0.0250. The molecule has 0 radical (unpaired) electrons. The van der Waals surface area contributed by atoms with Crippen molar-refractivity contribution >= 4 is 17.6 Å². The van der Waals surface area contributed by atoms with Crippen molar-refractivity contribution in [3.8, 4) is 11.4 Å². The molecule has 0 unspecified atom stereocenters. The van der Waals surface area contributed by atoms with E-state index in [1.165, 1.54) is 12.5 Å². The molecule has 2 saturated heterocycles. The quantitative estimate of drug-likeness (QED) is 0.614. The number of hydrogen-bond donors (Lipinski definition) is 0. The summed E-state index contributed by atoms with van der Waals surface area (Å²) in [6.45, 7) is 4.05. The van der Waals surface area contributed by atoms with Crippen LogP contribution in [0.4, 0.5) is 5.82 Å². The van der Waals surface area contributed by atoms with Gasteiger partial charge in [0.2, 0.25) is 5.91 Å². The van der Waals surface area contributed by atoms with E-state index in [2.05, 4.69) is 9.88 Å². The number of piperidine rings is 1. The number of likely N-dealkylation sites (tertiary alicyclic amines) is 1. The highest BCUT2D eigenvalue weighted by Gasteiger charge is 2.32. The number of carbonyl (C=O) groups is 2. The summed E-state index contributed by atoms with van der Waals surface area (Å²) in [6.07, 6.45) is 6.18. The molecule has 4 heterocycles. The molecule has 8 heteroatoms. The molecule has 2 aliphatic heterocycles. The van der Waals surface area contributed by atoms with Crippen LogP contribution in [0.3, 0.4) is 0 Å². The summed E-state index contributed by atoms with van der Waals surface area (Å²) in [6, 6.07) is 13.6. The molecule has 0 spiro atoms. The number of carbonyl (C=O) groups excluding carboxylic acids is 2. The first-order chi connectivity index (χ1) is 16.2. The first kappa shape index (κ1) is 21.2. The maximum absolute atomic E-state index is 13.1. The monoisotopic (exact) mass is 445 g/mol. The molecule has 3 aromatic rings. The summed E-state index contributed by atoms with van der Waals surface area (Å²) in [5.74, 6) is 1.76. The topological polar surface area (TPSA) is 82.8 Å². The van der Waals surface area contributed by atoms with Gasteiger partial charge >= 0.3 is 0 Å². The van der Waals surface area contributed by atoms with Crippen LogP contribution in [-0.2, 0) is 4.79 Å². The molecule has 33 heavy (non-hydrogen) atoms. The van der Waals surface area contributed by atoms with E-state index in [1.807, 2.05) is 46.2 Å². The summed E-state index contributed by atoms with van der Waals surface area (Å²) in [4.78, 5) is 40.7. The zero-order chi connectivity index (χ0) is 22.6. The van der Waals surface area contributed by atoms with Crippen molar-refractivity contribution in [3.63, 3.8) is 0 Å². The number of nitrogens with zero attached hydrogens (tertiary/aromatic N) is 5. The predicted molar refractivity (Wildman–Crippen MR) is 124 cm³/mol. The lowest BCUT2D eigenvalue weighted by molar-refractivity contribution is -0.137. The van der Waals surface area contributed by atoms with Crippen LogP contribution in [0.5, 0.6) is 0 Å². The maximum Gasteiger partial charge on any atom is 0.257 e. The van der Waals surface area contributed by atoms with Crippen LogP contribution in [0, 0.1) is 5.92 Å². The molecule has 0 aliphatic carbocycles. The van der Waals surface area contributed by atoms with E-state index in [0.717, 1.165) is 24.5 Å². The average molecular weight is 446 g/mol. The summed E-state index contributed by atoms with van der Waals surface area (Å²) in [5, 5.41) is 0. The van der Waals surface area contributed by atoms with Crippen molar-refractivity contribution in [2.24, 2.45) is 5.92 Å². The predicted octanol–water partition coefficient (Wildman–Crippen LogP) is 2.94. The number of hydrogen-bond acceptors (Lipinski definition) is 6. The van der Waals surface area contributed by atoms with E-state index >= 15 is 0 Å². The lowest BCUT2D eigenvalue weighted by Gasteiger charge is -2.39. The minimum absolute atomic E-state index is 0.0197. The largest absolute Gasteiger partial charge is 0.472 e. The molecule has 0 N–H and O–H groups in total. The Hall–Kier alpha value is -3.68. The standard InChI is InChI=1S/C25H27N5O3/c31-24(20-7-11-29(12-8-20)25(32)21-9-17-33-18-21)30-15-13-28(14-16-30)22-6-10-26-23(27-22)19-4-2-1-3-5-19/h1-6,9-10,17-18,20H,7-8,11-16H2. The van der Waals surface area contributed by atoms with E-state index < -0.39 is 0 Å². The molecule has 2 fully saturated rings. The Morgan fingerprint density at radius 1 is 0.879 bits per heavy atom. The van der Waals surface area contributed by atoms with Gasteiger partial charge in [-0.05, 0) is 25.0 Å². The van der Waals surface area contributed by atoms with Crippen LogP contribution < -0.4 is 4.90 Å². The lowest BCUT2D eigenvalue weighted by atomic mass is 9.94. The molecule has 0 saturated carbocycles. The third-order valence-electron chi connectivity index (χ3n) is 6.49. The Balaban J connectivity index is 1.14. The second-order valence-electron chi connectivity index (χ2n) is 8.50. The van der Waals surface area contributed by atoms with Crippen molar-refractivity contribution in [1.29, 1.82) is 0 Å². The van der Waals surface area contributed by atoms with Crippen LogP contribution >= 0.6 is 0 Å². The molecule has 2 aromatic heterocycles. The fourth-order valence-corrected chi connectivity index (χ4v) is 4.56. The third kappa shape index (κ3) is 4.60. The zero-order valence-corrected chi connectivity index (χ0v) is 18.5. The van der Waals surface area contributed by atoms with Crippen molar-refractivity contribution in [3.05, 3.63) is 66.8 Å². The molecular weight excluding hydrogens is 418 g/mol. The Kier molecular flexibility index (Phi) is 6.06. The van der Waals surface area contributed by atoms with E-state index in [9.17, 15) is 9.59 Å². The van der Waals surface area contributed by atoms with Crippen molar-refractivity contribution in [1.82, 2.24) is 19.8 Å². The van der Waals surface area contributed by atoms with Gasteiger partial charge in [0.15, 0.2) is 5.82 Å². The van der Waals surface area contributed by atoms with Gasteiger partial charge in [-0.2, -0.15) is 0 Å². The molecule has 170 valence electrons. The summed E-state index contributed by atoms with van der Waals surface area (Å²) in [5.41, 5.74) is 1.56. The Morgan fingerprint density at radius 3 is 2.33 bits per heavy atom. The summed E-state index contributed by atoms with van der Waals surface area (Å²) >= 11 is 0. The van der Waals surface area contributed by atoms with Gasteiger partial charge in [0, 0.05) is 56.9 Å². The number of furan rings is 1. The highest BCUT2D eigenvalue weighted by Crippen LogP contribution is 2.24. The van der Waals surface area contributed by atoms with Gasteiger partial charge in [0.05, 0.1) is 11.8 Å². The smallest absolute Gasteiger partial charge is 0.257 e. The van der Waals surface area contributed by atoms with Gasteiger partial charge in [-0.3, -0.25) is 9.59 Å². The van der Waals surface area contributed by atoms with Crippen LogP contribution in [0.25, 0.3) is 11.4 Å². The average Bonchev–Trinajstić information content (AvgIpc) is 3.44. The first-order valence-electron chi connectivity index (χ1n) is 11.4. The summed E-state index contributed by atoms with van der Waals surface area (Å²) in [7, 11) is 0. The van der Waals surface area contributed by atoms with Crippen molar-refractivity contribution in [2.75, 3.05) is 44.2 Å². The SMILES string of the molecule is O=C(c1ccoc1)N1CCC(C(=O)N2CCN(c3ccnc(-c4ccccc4)n3)CC2)CC1. The molecule has 5 rings (SSSR count). The number of benzene rings is 1. The van der Waals surface area contributed by atoms with Gasteiger partial charge < -0.3 is 19.1 Å². The fourth-order valence-electron chi connectivity index (χ4n) is 4.56. The Bertz CT molecular complexity index is 1090. The lowest BCUT2D eigenvalue weighted by Crippen LogP contribution is -2.52. The van der Waals surface area contributed by atoms with E-state index in [-0.39, 0.29) is 17.7 Å². The fraction of sp³-hybridized carbons (Fsp3) is 0.360. The molecular formula is C25H27N5O3. The first-order valence-corrected chi connectivity index (χ1v) is 11.4. The van der Waals surface area contributed by atoms with Crippen LogP contribution in [-0.4, -0.2) is 70.9 Å². The van der Waals surface area contributed by atoms with E-state index in [0.29, 0.717) is 50.4 Å². The molecule has 8 nitrogen and oxygen atoms in total. The van der Waals surface area contributed by atoms with Crippen molar-refractivity contribution < 1.29 is 14.0 Å². The van der Waals surface area contributed by atoms with Gasteiger partial charge in [-0.1, -0.05) is 30.3 Å². The Morgan fingerprint density at radius 2 is 1.64 bits per heavy atom. The van der Waals surface area contributed by atoms with Crippen LogP contribution in [0.2, 0.25) is 0 Å². The molecule has 0 bridgehead atoms. The molecule has 0 atom stereocenters. The molecule has 2 amide bonds. The molecule has 1 aromatic carbocycles. The van der Waals surface area contributed by atoms with E-state index in [4.69, 9.17) is 9.40 Å².